The molecule has 1 aromatic rings. The van der Waals surface area contributed by atoms with Crippen LogP contribution in [-0.2, 0) is 9.53 Å². The third-order valence-corrected chi connectivity index (χ3v) is 5.27. The average Bonchev–Trinajstić information content (AvgIpc) is 2.62. The predicted molar refractivity (Wildman–Crippen MR) is 93.1 cm³/mol. The zero-order valence-electron chi connectivity index (χ0n) is 14.7. The molecule has 1 unspecified atom stereocenters. The Labute approximate surface area is 144 Å². The van der Waals surface area contributed by atoms with Crippen LogP contribution in [0, 0.1) is 5.92 Å². The summed E-state index contributed by atoms with van der Waals surface area (Å²) in [5.74, 6) is 1.74. The van der Waals surface area contributed by atoms with Gasteiger partial charge in [0.2, 0.25) is 5.91 Å². The van der Waals surface area contributed by atoms with E-state index in [9.17, 15) is 4.79 Å². The molecule has 0 spiro atoms. The largest absolute Gasteiger partial charge is 0.496 e. The van der Waals surface area contributed by atoms with Crippen molar-refractivity contribution in [1.29, 1.82) is 0 Å². The van der Waals surface area contributed by atoms with Crippen molar-refractivity contribution in [3.63, 3.8) is 0 Å². The van der Waals surface area contributed by atoms with Crippen LogP contribution in [0.3, 0.4) is 0 Å². The first-order valence-electron chi connectivity index (χ1n) is 8.89. The van der Waals surface area contributed by atoms with E-state index in [0.717, 1.165) is 58.0 Å². The predicted octanol–water partition coefficient (Wildman–Crippen LogP) is 2.33. The Hall–Kier alpha value is -1.59. The van der Waals surface area contributed by atoms with Crippen molar-refractivity contribution in [3.05, 3.63) is 29.8 Å². The van der Waals surface area contributed by atoms with Gasteiger partial charge in [-0.15, -0.1) is 0 Å². The lowest BCUT2D eigenvalue weighted by Gasteiger charge is -2.43. The number of hydrogen-bond acceptors (Lipinski definition) is 4. The molecule has 0 aromatic heterocycles. The topological polar surface area (TPSA) is 42.0 Å². The highest BCUT2D eigenvalue weighted by Gasteiger charge is 2.32. The van der Waals surface area contributed by atoms with Crippen LogP contribution in [0.5, 0.6) is 5.75 Å². The minimum absolute atomic E-state index is 0.153. The van der Waals surface area contributed by atoms with E-state index in [1.165, 1.54) is 5.56 Å². The fraction of sp³-hybridized carbons (Fsp3) is 0.632. The summed E-state index contributed by atoms with van der Waals surface area (Å²) in [6, 6.07) is 8.38. The van der Waals surface area contributed by atoms with Crippen LogP contribution >= 0.6 is 0 Å². The number of amides is 1. The van der Waals surface area contributed by atoms with Gasteiger partial charge in [0.05, 0.1) is 13.2 Å². The van der Waals surface area contributed by atoms with Crippen molar-refractivity contribution in [2.75, 3.05) is 46.5 Å². The van der Waals surface area contributed by atoms with E-state index in [-0.39, 0.29) is 11.9 Å². The number of hydrogen-bond donors (Lipinski definition) is 0. The van der Waals surface area contributed by atoms with Gasteiger partial charge in [0.1, 0.15) is 5.75 Å². The van der Waals surface area contributed by atoms with Crippen LogP contribution in [0.4, 0.5) is 0 Å². The van der Waals surface area contributed by atoms with Crippen molar-refractivity contribution in [1.82, 2.24) is 9.80 Å². The first-order valence-corrected chi connectivity index (χ1v) is 8.89. The molecular formula is C19H28N2O3. The maximum atomic E-state index is 11.9. The molecular weight excluding hydrogens is 304 g/mol. The normalized spacial score (nSPS) is 23.2. The summed E-state index contributed by atoms with van der Waals surface area (Å²) in [7, 11) is 1.72. The van der Waals surface area contributed by atoms with Gasteiger partial charge in [-0.25, -0.2) is 0 Å². The number of ether oxygens (including phenoxy) is 2. The van der Waals surface area contributed by atoms with Gasteiger partial charge in [-0.1, -0.05) is 18.2 Å². The second-order valence-electron chi connectivity index (χ2n) is 6.77. The van der Waals surface area contributed by atoms with Gasteiger partial charge in [0, 0.05) is 51.9 Å². The van der Waals surface area contributed by atoms with Crippen molar-refractivity contribution in [2.45, 2.75) is 25.8 Å². The van der Waals surface area contributed by atoms with Gasteiger partial charge < -0.3 is 14.4 Å². The van der Waals surface area contributed by atoms with E-state index >= 15 is 0 Å². The molecule has 0 N–H and O–H groups in total. The lowest BCUT2D eigenvalue weighted by atomic mass is 9.95. The van der Waals surface area contributed by atoms with Gasteiger partial charge in [-0.2, -0.15) is 0 Å². The molecule has 2 fully saturated rings. The minimum Gasteiger partial charge on any atom is -0.496 e. The smallest absolute Gasteiger partial charge is 0.219 e. The quantitative estimate of drug-likeness (QED) is 0.849. The van der Waals surface area contributed by atoms with E-state index in [4.69, 9.17) is 9.47 Å². The van der Waals surface area contributed by atoms with E-state index in [0.29, 0.717) is 5.92 Å². The monoisotopic (exact) mass is 332 g/mol. The molecule has 5 nitrogen and oxygen atoms in total. The maximum Gasteiger partial charge on any atom is 0.219 e. The van der Waals surface area contributed by atoms with Crippen LogP contribution in [-0.4, -0.2) is 62.2 Å². The highest BCUT2D eigenvalue weighted by Crippen LogP contribution is 2.33. The number of piperazine rings is 1. The standard InChI is InChI=1S/C19H28N2O3/c1-15(22)20-9-10-21(13-16-7-11-24-12-8-16)18(14-20)17-5-3-4-6-19(17)23-2/h3-6,16,18H,7-14H2,1-2H3. The number of para-hydroxylation sites is 1. The zero-order valence-corrected chi connectivity index (χ0v) is 14.7. The Morgan fingerprint density at radius 2 is 2.00 bits per heavy atom. The van der Waals surface area contributed by atoms with Crippen molar-refractivity contribution in [3.8, 4) is 5.75 Å². The second kappa shape index (κ2) is 7.99. The van der Waals surface area contributed by atoms with E-state index < -0.39 is 0 Å². The van der Waals surface area contributed by atoms with Crippen LogP contribution in [0.15, 0.2) is 24.3 Å². The Morgan fingerprint density at radius 3 is 2.71 bits per heavy atom. The second-order valence-corrected chi connectivity index (χ2v) is 6.77. The van der Waals surface area contributed by atoms with Crippen LogP contribution in [0.25, 0.3) is 0 Å². The summed E-state index contributed by atoms with van der Waals surface area (Å²) < 4.78 is 11.1. The lowest BCUT2D eigenvalue weighted by molar-refractivity contribution is -0.132. The van der Waals surface area contributed by atoms with E-state index in [1.54, 1.807) is 14.0 Å². The molecule has 132 valence electrons. The molecule has 0 radical (unpaired) electrons. The summed E-state index contributed by atoms with van der Waals surface area (Å²) in [6.45, 7) is 6.93. The van der Waals surface area contributed by atoms with Crippen molar-refractivity contribution in [2.24, 2.45) is 5.92 Å². The summed E-state index contributed by atoms with van der Waals surface area (Å²) in [6.07, 6.45) is 2.26. The molecule has 1 atom stereocenters. The number of benzene rings is 1. The molecule has 3 rings (SSSR count). The van der Waals surface area contributed by atoms with Gasteiger partial charge in [0.15, 0.2) is 0 Å². The molecule has 2 aliphatic heterocycles. The van der Waals surface area contributed by atoms with E-state index in [1.807, 2.05) is 17.0 Å². The fourth-order valence-electron chi connectivity index (χ4n) is 3.82. The summed E-state index contributed by atoms with van der Waals surface area (Å²) >= 11 is 0. The number of nitrogens with zero attached hydrogens (tertiary/aromatic N) is 2. The highest BCUT2D eigenvalue weighted by atomic mass is 16.5. The van der Waals surface area contributed by atoms with Gasteiger partial charge in [0.25, 0.3) is 0 Å². The fourth-order valence-corrected chi connectivity index (χ4v) is 3.82. The van der Waals surface area contributed by atoms with Gasteiger partial charge in [-0.05, 0) is 24.8 Å². The molecule has 2 aliphatic rings. The SMILES string of the molecule is COc1ccccc1C1CN(C(C)=O)CCN1CC1CCOCC1. The zero-order chi connectivity index (χ0) is 16.9. The molecule has 24 heavy (non-hydrogen) atoms. The third-order valence-electron chi connectivity index (χ3n) is 5.27. The first kappa shape index (κ1) is 17.2. The Morgan fingerprint density at radius 1 is 1.25 bits per heavy atom. The number of carbonyl (C=O) groups is 1. The Balaban J connectivity index is 1.81. The summed E-state index contributed by atoms with van der Waals surface area (Å²) in [4.78, 5) is 16.4. The lowest BCUT2D eigenvalue weighted by Crippen LogP contribution is -2.51. The van der Waals surface area contributed by atoms with Crippen LogP contribution in [0.2, 0.25) is 0 Å². The van der Waals surface area contributed by atoms with Crippen LogP contribution in [0.1, 0.15) is 31.4 Å². The molecule has 5 heteroatoms. The molecule has 2 saturated heterocycles. The maximum absolute atomic E-state index is 11.9. The summed E-state index contributed by atoms with van der Waals surface area (Å²) in [5, 5.41) is 0. The minimum atomic E-state index is 0.153. The van der Waals surface area contributed by atoms with Crippen LogP contribution < -0.4 is 4.74 Å². The molecule has 0 bridgehead atoms. The Bertz CT molecular complexity index is 557. The third kappa shape index (κ3) is 3.90. The summed E-state index contributed by atoms with van der Waals surface area (Å²) in [5.41, 5.74) is 1.18. The van der Waals surface area contributed by atoms with Crippen molar-refractivity contribution >= 4 is 5.91 Å². The molecule has 2 heterocycles. The molecule has 0 saturated carbocycles. The van der Waals surface area contributed by atoms with E-state index in [2.05, 4.69) is 17.0 Å². The number of carbonyl (C=O) groups excluding carboxylic acids is 1. The number of rotatable bonds is 4. The number of methoxy groups -OCH3 is 1. The first-order chi connectivity index (χ1) is 11.7. The molecule has 1 amide bonds. The van der Waals surface area contributed by atoms with Gasteiger partial charge in [-0.3, -0.25) is 9.69 Å². The molecule has 1 aromatic carbocycles. The highest BCUT2D eigenvalue weighted by molar-refractivity contribution is 5.73. The van der Waals surface area contributed by atoms with Gasteiger partial charge >= 0.3 is 0 Å². The molecule has 0 aliphatic carbocycles. The average molecular weight is 332 g/mol. The van der Waals surface area contributed by atoms with Crippen molar-refractivity contribution < 1.29 is 14.3 Å². The Kier molecular flexibility index (Phi) is 5.74.